The lowest BCUT2D eigenvalue weighted by Gasteiger charge is -2.29. The molecule has 10 heteroatoms. The number of nitrogens with zero attached hydrogens (tertiary/aromatic N) is 5. The van der Waals surface area contributed by atoms with Crippen molar-refractivity contribution in [2.45, 2.75) is 19.5 Å². The summed E-state index contributed by atoms with van der Waals surface area (Å²) in [5, 5.41) is 0.887. The number of benzene rings is 2. The number of anilines is 2. The quantitative estimate of drug-likeness (QED) is 0.439. The average molecular weight is 486 g/mol. The third kappa shape index (κ3) is 3.59. The first kappa shape index (κ1) is 21.6. The monoisotopic (exact) mass is 485 g/mol. The number of imidazole rings is 1. The van der Waals surface area contributed by atoms with Crippen molar-refractivity contribution in [1.82, 2.24) is 18.7 Å². The number of ether oxygens (including phenoxy) is 1. The highest BCUT2D eigenvalue weighted by Crippen LogP contribution is 2.32. The molecular weight excluding hydrogens is 465 g/mol. The molecule has 0 saturated carbocycles. The zero-order chi connectivity index (χ0) is 23.3. The number of halogens is 2. The number of methoxy groups -OCH3 is 1. The minimum Gasteiger partial charge on any atom is -0.497 e. The van der Waals surface area contributed by atoms with Crippen LogP contribution in [0.25, 0.3) is 11.2 Å². The van der Waals surface area contributed by atoms with Gasteiger partial charge in [0, 0.05) is 41.9 Å². The van der Waals surface area contributed by atoms with Crippen LogP contribution >= 0.6 is 23.2 Å². The Labute approximate surface area is 199 Å². The van der Waals surface area contributed by atoms with Gasteiger partial charge in [-0.3, -0.25) is 13.9 Å². The minimum atomic E-state index is -0.457. The van der Waals surface area contributed by atoms with Crippen molar-refractivity contribution in [3.05, 3.63) is 78.9 Å². The molecule has 2 aromatic heterocycles. The first-order valence-electron chi connectivity index (χ1n) is 10.4. The van der Waals surface area contributed by atoms with Crippen molar-refractivity contribution in [2.24, 2.45) is 7.05 Å². The van der Waals surface area contributed by atoms with E-state index in [9.17, 15) is 9.59 Å². The third-order valence-electron chi connectivity index (χ3n) is 5.93. The second kappa shape index (κ2) is 8.28. The summed E-state index contributed by atoms with van der Waals surface area (Å²) >= 11 is 12.3. The Morgan fingerprint density at radius 2 is 1.91 bits per heavy atom. The Hall–Kier alpha value is -3.23. The SMILES string of the molecule is COc1cccc(N2CCCn3c2nc2c3c(=O)n(Cc3ccc(Cl)cc3Cl)c(=O)n2C)c1. The number of aromatic nitrogens is 4. The molecule has 0 amide bonds. The molecule has 33 heavy (non-hydrogen) atoms. The summed E-state index contributed by atoms with van der Waals surface area (Å²) in [6.07, 6.45) is 0.820. The maximum absolute atomic E-state index is 13.5. The van der Waals surface area contributed by atoms with E-state index < -0.39 is 11.2 Å². The molecular formula is C23H21Cl2N5O3. The molecule has 0 spiro atoms. The Kier molecular flexibility index (Phi) is 5.42. The number of hydrogen-bond donors (Lipinski definition) is 0. The average Bonchev–Trinajstić information content (AvgIpc) is 3.22. The van der Waals surface area contributed by atoms with Gasteiger partial charge in [0.25, 0.3) is 5.56 Å². The van der Waals surface area contributed by atoms with E-state index in [1.165, 1.54) is 9.13 Å². The summed E-state index contributed by atoms with van der Waals surface area (Å²) < 4.78 is 9.86. The van der Waals surface area contributed by atoms with Crippen molar-refractivity contribution >= 4 is 46.0 Å². The zero-order valence-electron chi connectivity index (χ0n) is 18.1. The van der Waals surface area contributed by atoms with E-state index in [1.54, 1.807) is 32.4 Å². The summed E-state index contributed by atoms with van der Waals surface area (Å²) in [6, 6.07) is 12.7. The number of aryl methyl sites for hydroxylation is 2. The number of rotatable bonds is 4. The standard InChI is InChI=1S/C23H21Cl2N5O3/c1-27-20-19(21(31)30(23(27)32)13-14-7-8-15(24)11-18(14)25)29-10-4-9-28(22(29)26-20)16-5-3-6-17(12-16)33-2/h3,5-8,11-12H,4,9-10,13H2,1-2H3. The Morgan fingerprint density at radius 3 is 2.67 bits per heavy atom. The lowest BCUT2D eigenvalue weighted by Crippen LogP contribution is -2.40. The van der Waals surface area contributed by atoms with Crippen LogP contribution in [0.4, 0.5) is 11.6 Å². The van der Waals surface area contributed by atoms with Gasteiger partial charge in [-0.05, 0) is 36.2 Å². The van der Waals surface area contributed by atoms with Gasteiger partial charge in [-0.2, -0.15) is 4.98 Å². The molecule has 5 rings (SSSR count). The predicted octanol–water partition coefficient (Wildman–Crippen LogP) is 3.80. The molecule has 1 aliphatic rings. The van der Waals surface area contributed by atoms with Crippen molar-refractivity contribution in [1.29, 1.82) is 0 Å². The summed E-state index contributed by atoms with van der Waals surface area (Å²) in [6.45, 7) is 1.40. The van der Waals surface area contributed by atoms with Crippen LogP contribution in [-0.2, 0) is 20.1 Å². The van der Waals surface area contributed by atoms with Gasteiger partial charge in [0.2, 0.25) is 5.95 Å². The van der Waals surface area contributed by atoms with E-state index in [0.717, 1.165) is 24.4 Å². The van der Waals surface area contributed by atoms with Gasteiger partial charge in [0.15, 0.2) is 11.2 Å². The van der Waals surface area contributed by atoms with Gasteiger partial charge in [0.1, 0.15) is 5.75 Å². The molecule has 0 N–H and O–H groups in total. The lowest BCUT2D eigenvalue weighted by atomic mass is 10.2. The molecule has 0 aliphatic carbocycles. The Bertz CT molecular complexity index is 1500. The fraction of sp³-hybridized carbons (Fsp3) is 0.261. The first-order valence-corrected chi connectivity index (χ1v) is 11.2. The summed E-state index contributed by atoms with van der Waals surface area (Å²) in [5.74, 6) is 1.36. The van der Waals surface area contributed by atoms with Gasteiger partial charge >= 0.3 is 5.69 Å². The van der Waals surface area contributed by atoms with E-state index in [1.807, 2.05) is 33.7 Å². The third-order valence-corrected chi connectivity index (χ3v) is 6.51. The van der Waals surface area contributed by atoms with Gasteiger partial charge < -0.3 is 14.2 Å². The molecule has 170 valence electrons. The van der Waals surface area contributed by atoms with Crippen LogP contribution in [0.3, 0.4) is 0 Å². The summed E-state index contributed by atoms with van der Waals surface area (Å²) in [5.41, 5.74) is 1.44. The van der Waals surface area contributed by atoms with Crippen LogP contribution in [0.5, 0.6) is 5.75 Å². The van der Waals surface area contributed by atoms with E-state index in [4.69, 9.17) is 32.9 Å². The van der Waals surface area contributed by atoms with Gasteiger partial charge in [-0.15, -0.1) is 0 Å². The largest absolute Gasteiger partial charge is 0.497 e. The molecule has 0 bridgehead atoms. The van der Waals surface area contributed by atoms with Crippen molar-refractivity contribution < 1.29 is 4.74 Å². The molecule has 0 fully saturated rings. The molecule has 2 aromatic carbocycles. The van der Waals surface area contributed by atoms with Crippen molar-refractivity contribution in [3.63, 3.8) is 0 Å². The molecule has 4 aromatic rings. The van der Waals surface area contributed by atoms with Gasteiger partial charge in [0.05, 0.1) is 13.7 Å². The van der Waals surface area contributed by atoms with E-state index >= 15 is 0 Å². The Morgan fingerprint density at radius 1 is 1.09 bits per heavy atom. The minimum absolute atomic E-state index is 0.0392. The van der Waals surface area contributed by atoms with Crippen LogP contribution < -0.4 is 20.9 Å². The molecule has 0 saturated heterocycles. The highest BCUT2D eigenvalue weighted by Gasteiger charge is 2.27. The topological polar surface area (TPSA) is 74.3 Å². The fourth-order valence-corrected chi connectivity index (χ4v) is 4.72. The summed E-state index contributed by atoms with van der Waals surface area (Å²) in [7, 11) is 3.24. The van der Waals surface area contributed by atoms with Crippen LogP contribution in [-0.4, -0.2) is 32.3 Å². The molecule has 0 unspecified atom stereocenters. The van der Waals surface area contributed by atoms with E-state index in [0.29, 0.717) is 39.3 Å². The Balaban J connectivity index is 1.68. The number of hydrogen-bond acceptors (Lipinski definition) is 5. The molecule has 1 aliphatic heterocycles. The van der Waals surface area contributed by atoms with Crippen LogP contribution in [0, 0.1) is 0 Å². The first-order chi connectivity index (χ1) is 15.9. The second-order valence-electron chi connectivity index (χ2n) is 7.91. The second-order valence-corrected chi connectivity index (χ2v) is 8.75. The number of fused-ring (bicyclic) bond motifs is 3. The van der Waals surface area contributed by atoms with E-state index in [2.05, 4.69) is 0 Å². The van der Waals surface area contributed by atoms with Gasteiger partial charge in [-0.1, -0.05) is 35.3 Å². The maximum Gasteiger partial charge on any atom is 0.332 e. The molecule has 8 nitrogen and oxygen atoms in total. The summed E-state index contributed by atoms with van der Waals surface area (Å²) in [4.78, 5) is 33.4. The van der Waals surface area contributed by atoms with Crippen LogP contribution in [0.1, 0.15) is 12.0 Å². The molecule has 0 radical (unpaired) electrons. The maximum atomic E-state index is 13.5. The normalized spacial score (nSPS) is 13.4. The van der Waals surface area contributed by atoms with Gasteiger partial charge in [-0.25, -0.2) is 4.79 Å². The molecule has 0 atom stereocenters. The highest BCUT2D eigenvalue weighted by atomic mass is 35.5. The fourth-order valence-electron chi connectivity index (χ4n) is 4.25. The van der Waals surface area contributed by atoms with Crippen molar-refractivity contribution in [2.75, 3.05) is 18.6 Å². The lowest BCUT2D eigenvalue weighted by molar-refractivity contribution is 0.415. The van der Waals surface area contributed by atoms with Crippen LogP contribution in [0.2, 0.25) is 10.0 Å². The highest BCUT2D eigenvalue weighted by molar-refractivity contribution is 6.35. The predicted molar refractivity (Wildman–Crippen MR) is 129 cm³/mol. The van der Waals surface area contributed by atoms with Crippen molar-refractivity contribution in [3.8, 4) is 5.75 Å². The van der Waals surface area contributed by atoms with Crippen LogP contribution in [0.15, 0.2) is 52.1 Å². The molecule has 3 heterocycles. The smallest absolute Gasteiger partial charge is 0.332 e. The zero-order valence-corrected chi connectivity index (χ0v) is 19.6. The van der Waals surface area contributed by atoms with E-state index in [-0.39, 0.29) is 6.54 Å².